The number of nitrogens with zero attached hydrogens (tertiary/aromatic N) is 2. The Balaban J connectivity index is 1.47. The van der Waals surface area contributed by atoms with Crippen LogP contribution in [-0.4, -0.2) is 51.7 Å². The summed E-state index contributed by atoms with van der Waals surface area (Å²) in [7, 11) is 0. The van der Waals surface area contributed by atoms with Crippen LogP contribution in [0.25, 0.3) is 11.1 Å². The van der Waals surface area contributed by atoms with Crippen molar-refractivity contribution in [3.63, 3.8) is 0 Å². The molecule has 222 valence electrons. The number of hydrogen-bond donors (Lipinski definition) is 4. The normalized spacial score (nSPS) is 12.9. The van der Waals surface area contributed by atoms with Crippen LogP contribution in [0.2, 0.25) is 0 Å². The molecule has 3 aromatic carbocycles. The molecule has 2 amide bonds. The van der Waals surface area contributed by atoms with Gasteiger partial charge in [0.05, 0.1) is 18.6 Å². The standard InChI is InChI=1S/C34H36N4O5/c1-24(37-32(40)20-19-29(39)23-36-31-14-8-9-21-35-31)34(43)38(28-12-6-3-7-13-28)30(22-33(41)42)27-17-15-26(16-18-27)25-10-4-2-5-11-25/h2-18,21,24,29-30,39H,19-20,22-23H2,1H3,(H,35,36)(H,37,40)(H,41,42)/t24-,29?,30?/m1/s1. The third-order valence-electron chi connectivity index (χ3n) is 6.99. The minimum absolute atomic E-state index is 0.00746. The largest absolute Gasteiger partial charge is 0.481 e. The van der Waals surface area contributed by atoms with E-state index in [1.807, 2.05) is 66.7 Å². The molecule has 0 saturated carbocycles. The summed E-state index contributed by atoms with van der Waals surface area (Å²) in [6.07, 6.45) is 0.706. The first-order valence-corrected chi connectivity index (χ1v) is 14.2. The number of anilines is 2. The van der Waals surface area contributed by atoms with E-state index >= 15 is 0 Å². The lowest BCUT2D eigenvalue weighted by Crippen LogP contribution is -2.49. The molecule has 0 aliphatic heterocycles. The van der Waals surface area contributed by atoms with Crippen LogP contribution in [0.15, 0.2) is 109 Å². The van der Waals surface area contributed by atoms with Gasteiger partial charge in [-0.15, -0.1) is 0 Å². The molecule has 0 bridgehead atoms. The Hall–Kier alpha value is -5.02. The number of nitrogens with one attached hydrogen (secondary N) is 2. The minimum Gasteiger partial charge on any atom is -0.481 e. The van der Waals surface area contributed by atoms with Crippen LogP contribution in [0, 0.1) is 0 Å². The van der Waals surface area contributed by atoms with Crippen LogP contribution < -0.4 is 15.5 Å². The summed E-state index contributed by atoms with van der Waals surface area (Å²) in [6, 6.07) is 29.8. The van der Waals surface area contributed by atoms with Crippen molar-refractivity contribution in [2.45, 2.75) is 44.4 Å². The summed E-state index contributed by atoms with van der Waals surface area (Å²) in [5.41, 5.74) is 3.16. The van der Waals surface area contributed by atoms with Crippen molar-refractivity contribution in [1.29, 1.82) is 0 Å². The lowest BCUT2D eigenvalue weighted by molar-refractivity contribution is -0.137. The molecule has 4 N–H and O–H groups in total. The van der Waals surface area contributed by atoms with Gasteiger partial charge in [0.1, 0.15) is 11.9 Å². The summed E-state index contributed by atoms with van der Waals surface area (Å²) in [6.45, 7) is 1.80. The smallest absolute Gasteiger partial charge is 0.305 e. The number of hydrogen-bond acceptors (Lipinski definition) is 6. The Morgan fingerprint density at radius 1 is 0.837 bits per heavy atom. The zero-order chi connectivity index (χ0) is 30.6. The van der Waals surface area contributed by atoms with Crippen LogP contribution in [-0.2, 0) is 14.4 Å². The van der Waals surface area contributed by atoms with E-state index in [1.165, 1.54) is 4.90 Å². The van der Waals surface area contributed by atoms with E-state index in [9.17, 15) is 24.6 Å². The van der Waals surface area contributed by atoms with Gasteiger partial charge in [0.15, 0.2) is 0 Å². The molecule has 9 nitrogen and oxygen atoms in total. The molecule has 0 aliphatic carbocycles. The lowest BCUT2D eigenvalue weighted by atomic mass is 9.97. The van der Waals surface area contributed by atoms with Gasteiger partial charge in [-0.25, -0.2) is 4.98 Å². The van der Waals surface area contributed by atoms with Crippen molar-refractivity contribution >= 4 is 29.3 Å². The van der Waals surface area contributed by atoms with Crippen LogP contribution in [0.4, 0.5) is 11.5 Å². The molecular formula is C34H36N4O5. The number of carbonyl (C=O) groups is 3. The molecule has 1 aromatic heterocycles. The highest BCUT2D eigenvalue weighted by molar-refractivity contribution is 6.00. The van der Waals surface area contributed by atoms with E-state index in [4.69, 9.17) is 0 Å². The molecule has 0 aliphatic rings. The van der Waals surface area contributed by atoms with E-state index < -0.39 is 36.0 Å². The molecule has 43 heavy (non-hydrogen) atoms. The summed E-state index contributed by atoms with van der Waals surface area (Å²) in [4.78, 5) is 44.3. The van der Waals surface area contributed by atoms with Crippen molar-refractivity contribution in [3.05, 3.63) is 115 Å². The fraction of sp³-hybridized carbons (Fsp3) is 0.235. The number of para-hydroxylation sites is 1. The number of rotatable bonds is 14. The van der Waals surface area contributed by atoms with Gasteiger partial charge in [0, 0.05) is 24.8 Å². The summed E-state index contributed by atoms with van der Waals surface area (Å²) < 4.78 is 0. The lowest BCUT2D eigenvalue weighted by Gasteiger charge is -2.34. The molecule has 4 rings (SSSR count). The number of amides is 2. The zero-order valence-electron chi connectivity index (χ0n) is 24.0. The summed E-state index contributed by atoms with van der Waals surface area (Å²) in [5, 5.41) is 25.9. The molecule has 9 heteroatoms. The minimum atomic E-state index is -1.06. The van der Waals surface area contributed by atoms with E-state index in [1.54, 1.807) is 49.5 Å². The average Bonchev–Trinajstić information content (AvgIpc) is 3.03. The Morgan fingerprint density at radius 2 is 1.47 bits per heavy atom. The van der Waals surface area contributed by atoms with Gasteiger partial charge in [-0.2, -0.15) is 0 Å². The SMILES string of the molecule is C[C@@H](NC(=O)CCC(O)CNc1ccccn1)C(=O)N(c1ccccc1)C(CC(=O)O)c1ccc(-c2ccccc2)cc1. The molecule has 3 atom stereocenters. The number of aliphatic carboxylic acids is 1. The van der Waals surface area contributed by atoms with Crippen molar-refractivity contribution < 1.29 is 24.6 Å². The maximum Gasteiger partial charge on any atom is 0.305 e. The van der Waals surface area contributed by atoms with E-state index in [0.29, 0.717) is 17.1 Å². The van der Waals surface area contributed by atoms with Crippen LogP contribution >= 0.6 is 0 Å². The molecule has 1 heterocycles. The van der Waals surface area contributed by atoms with Gasteiger partial charge >= 0.3 is 5.97 Å². The number of benzene rings is 3. The molecule has 0 radical (unpaired) electrons. The van der Waals surface area contributed by atoms with Crippen LogP contribution in [0.3, 0.4) is 0 Å². The first-order chi connectivity index (χ1) is 20.8. The number of aliphatic hydroxyl groups excluding tert-OH is 1. The Kier molecular flexibility index (Phi) is 11.0. The molecule has 4 aromatic rings. The first kappa shape index (κ1) is 30.9. The molecule has 0 saturated heterocycles. The predicted octanol–water partition coefficient (Wildman–Crippen LogP) is 5.06. The maximum atomic E-state index is 13.9. The number of aromatic nitrogens is 1. The van der Waals surface area contributed by atoms with Crippen molar-refractivity contribution in [2.75, 3.05) is 16.8 Å². The number of carbonyl (C=O) groups excluding carboxylic acids is 2. The van der Waals surface area contributed by atoms with Crippen molar-refractivity contribution in [1.82, 2.24) is 10.3 Å². The first-order valence-electron chi connectivity index (χ1n) is 14.2. The topological polar surface area (TPSA) is 132 Å². The van der Waals surface area contributed by atoms with Gasteiger partial charge in [0.2, 0.25) is 11.8 Å². The number of carboxylic acids is 1. The second-order valence-corrected chi connectivity index (χ2v) is 10.2. The van der Waals surface area contributed by atoms with Gasteiger partial charge in [-0.1, -0.05) is 78.9 Å². The fourth-order valence-corrected chi connectivity index (χ4v) is 4.77. The van der Waals surface area contributed by atoms with Crippen molar-refractivity contribution in [3.8, 4) is 11.1 Å². The quantitative estimate of drug-likeness (QED) is 0.164. The molecule has 2 unspecified atom stereocenters. The number of aliphatic hydroxyl groups is 1. The number of carboxylic acid groups (broad SMARTS) is 1. The highest BCUT2D eigenvalue weighted by atomic mass is 16.4. The number of pyridine rings is 1. The van der Waals surface area contributed by atoms with Crippen LogP contribution in [0.5, 0.6) is 0 Å². The van der Waals surface area contributed by atoms with E-state index in [0.717, 1.165) is 11.1 Å². The van der Waals surface area contributed by atoms with Gasteiger partial charge in [-0.05, 0) is 54.3 Å². The fourth-order valence-electron chi connectivity index (χ4n) is 4.77. The maximum absolute atomic E-state index is 13.9. The van der Waals surface area contributed by atoms with E-state index in [2.05, 4.69) is 15.6 Å². The van der Waals surface area contributed by atoms with Gasteiger partial charge in [0.25, 0.3) is 0 Å². The summed E-state index contributed by atoms with van der Waals surface area (Å²) in [5.74, 6) is -1.28. The van der Waals surface area contributed by atoms with Gasteiger partial charge < -0.3 is 25.7 Å². The zero-order valence-corrected chi connectivity index (χ0v) is 24.0. The Bertz CT molecular complexity index is 1470. The highest BCUT2D eigenvalue weighted by Gasteiger charge is 2.32. The predicted molar refractivity (Wildman–Crippen MR) is 166 cm³/mol. The summed E-state index contributed by atoms with van der Waals surface area (Å²) >= 11 is 0. The molecular weight excluding hydrogens is 544 g/mol. The third kappa shape index (κ3) is 8.98. The third-order valence-corrected chi connectivity index (χ3v) is 6.99. The van der Waals surface area contributed by atoms with E-state index in [-0.39, 0.29) is 25.8 Å². The van der Waals surface area contributed by atoms with Gasteiger partial charge in [-0.3, -0.25) is 14.4 Å². The average molecular weight is 581 g/mol. The monoisotopic (exact) mass is 580 g/mol. The second-order valence-electron chi connectivity index (χ2n) is 10.2. The Morgan fingerprint density at radius 3 is 2.09 bits per heavy atom. The second kappa shape index (κ2) is 15.3. The van der Waals surface area contributed by atoms with Crippen LogP contribution in [0.1, 0.15) is 37.8 Å². The Labute approximate surface area is 251 Å². The highest BCUT2D eigenvalue weighted by Crippen LogP contribution is 2.32. The molecule has 0 spiro atoms. The molecule has 0 fully saturated rings. The van der Waals surface area contributed by atoms with Crippen molar-refractivity contribution in [2.24, 2.45) is 0 Å².